The summed E-state index contributed by atoms with van der Waals surface area (Å²) >= 11 is 1.67. The van der Waals surface area contributed by atoms with Crippen LogP contribution in [0.4, 0.5) is 0 Å². The van der Waals surface area contributed by atoms with Gasteiger partial charge >= 0.3 is 0 Å². The van der Waals surface area contributed by atoms with Crippen LogP contribution in [0.2, 0.25) is 0 Å². The molecular formula is C15H11NOS. The van der Waals surface area contributed by atoms with Crippen molar-refractivity contribution < 1.29 is 4.79 Å². The summed E-state index contributed by atoms with van der Waals surface area (Å²) < 4.78 is 1.18. The molecule has 0 radical (unpaired) electrons. The zero-order valence-electron chi connectivity index (χ0n) is 9.67. The maximum atomic E-state index is 12.1. The van der Waals surface area contributed by atoms with E-state index >= 15 is 0 Å². The summed E-state index contributed by atoms with van der Waals surface area (Å²) in [5, 5.41) is 3.12. The number of Topliss-reactive ketones (excluding diaryl/α,β-unsaturated/α-hetero) is 1. The molecule has 2 nitrogen and oxygen atoms in total. The number of thiophene rings is 1. The van der Waals surface area contributed by atoms with Crippen LogP contribution in [0.1, 0.15) is 16.1 Å². The topological polar surface area (TPSA) is 30.0 Å². The first-order valence-electron chi connectivity index (χ1n) is 5.74. The first-order valence-corrected chi connectivity index (χ1v) is 6.62. The molecule has 0 N–H and O–H groups in total. The molecule has 1 aromatic carbocycles. The molecule has 0 saturated carbocycles. The van der Waals surface area contributed by atoms with E-state index in [1.165, 1.54) is 4.70 Å². The lowest BCUT2D eigenvalue weighted by Gasteiger charge is -2.02. The Hall–Kier alpha value is -2.00. The monoisotopic (exact) mass is 253 g/mol. The number of hydrogen-bond acceptors (Lipinski definition) is 3. The number of hydrogen-bond donors (Lipinski definition) is 0. The van der Waals surface area contributed by atoms with Gasteiger partial charge in [-0.15, -0.1) is 11.3 Å². The van der Waals surface area contributed by atoms with Crippen LogP contribution >= 0.6 is 11.3 Å². The van der Waals surface area contributed by atoms with Crippen LogP contribution in [0.5, 0.6) is 0 Å². The van der Waals surface area contributed by atoms with Crippen molar-refractivity contribution in [3.8, 4) is 0 Å². The second-order valence-corrected chi connectivity index (χ2v) is 5.00. The van der Waals surface area contributed by atoms with Crippen LogP contribution in [0, 0.1) is 0 Å². The molecule has 0 spiro atoms. The summed E-state index contributed by atoms with van der Waals surface area (Å²) in [7, 11) is 0. The second kappa shape index (κ2) is 4.70. The van der Waals surface area contributed by atoms with Crippen molar-refractivity contribution in [2.75, 3.05) is 0 Å². The molecule has 3 rings (SSSR count). The fourth-order valence-corrected chi connectivity index (χ4v) is 2.77. The predicted molar refractivity (Wildman–Crippen MR) is 74.1 cm³/mol. The van der Waals surface area contributed by atoms with E-state index in [1.807, 2.05) is 47.8 Å². The summed E-state index contributed by atoms with van der Waals surface area (Å²) in [6.07, 6.45) is 2.13. The third-order valence-electron chi connectivity index (χ3n) is 2.89. The van der Waals surface area contributed by atoms with E-state index in [0.29, 0.717) is 6.42 Å². The molecule has 2 aromatic heterocycles. The average molecular weight is 253 g/mol. The lowest BCUT2D eigenvalue weighted by molar-refractivity contribution is 0.0992. The van der Waals surface area contributed by atoms with E-state index in [0.717, 1.165) is 16.6 Å². The number of pyridine rings is 1. The van der Waals surface area contributed by atoms with Gasteiger partial charge in [0.25, 0.3) is 0 Å². The Morgan fingerprint density at radius 1 is 1.11 bits per heavy atom. The van der Waals surface area contributed by atoms with Gasteiger partial charge in [0.1, 0.15) is 0 Å². The molecule has 0 amide bonds. The molecule has 18 heavy (non-hydrogen) atoms. The molecule has 0 atom stereocenters. The molecule has 0 aliphatic carbocycles. The zero-order valence-corrected chi connectivity index (χ0v) is 10.5. The molecule has 0 saturated heterocycles. The van der Waals surface area contributed by atoms with E-state index < -0.39 is 0 Å². The molecule has 0 aliphatic heterocycles. The van der Waals surface area contributed by atoms with Crippen molar-refractivity contribution in [1.82, 2.24) is 4.98 Å². The van der Waals surface area contributed by atoms with E-state index in [-0.39, 0.29) is 5.78 Å². The summed E-state index contributed by atoms with van der Waals surface area (Å²) in [6, 6.07) is 13.4. The quantitative estimate of drug-likeness (QED) is 0.666. The number of benzene rings is 1. The molecular weight excluding hydrogens is 242 g/mol. The Morgan fingerprint density at radius 2 is 1.94 bits per heavy atom. The van der Waals surface area contributed by atoms with Gasteiger partial charge in [-0.3, -0.25) is 9.78 Å². The number of ketones is 1. The zero-order chi connectivity index (χ0) is 12.4. The van der Waals surface area contributed by atoms with E-state index in [1.54, 1.807) is 17.5 Å². The average Bonchev–Trinajstić information content (AvgIpc) is 2.89. The van der Waals surface area contributed by atoms with Gasteiger partial charge in [-0.2, -0.15) is 0 Å². The van der Waals surface area contributed by atoms with Gasteiger partial charge in [0.2, 0.25) is 0 Å². The van der Waals surface area contributed by atoms with Gasteiger partial charge in [-0.1, -0.05) is 30.3 Å². The van der Waals surface area contributed by atoms with Crippen LogP contribution in [-0.4, -0.2) is 10.8 Å². The van der Waals surface area contributed by atoms with Crippen LogP contribution in [0.25, 0.3) is 10.1 Å². The maximum absolute atomic E-state index is 12.1. The van der Waals surface area contributed by atoms with E-state index in [2.05, 4.69) is 4.98 Å². The van der Waals surface area contributed by atoms with Gasteiger partial charge in [0, 0.05) is 21.8 Å². The van der Waals surface area contributed by atoms with Crippen molar-refractivity contribution >= 4 is 27.2 Å². The summed E-state index contributed by atoms with van der Waals surface area (Å²) in [5.74, 6) is 0.113. The van der Waals surface area contributed by atoms with Gasteiger partial charge in [0.05, 0.1) is 12.1 Å². The fraction of sp³-hybridized carbons (Fsp3) is 0.0667. The SMILES string of the molecule is O=C(Cc1nccc2sccc12)c1ccccc1. The highest BCUT2D eigenvalue weighted by Gasteiger charge is 2.10. The summed E-state index contributed by atoms with van der Waals surface area (Å²) in [5.41, 5.74) is 1.61. The largest absolute Gasteiger partial charge is 0.294 e. The highest BCUT2D eigenvalue weighted by Crippen LogP contribution is 2.23. The number of carbonyl (C=O) groups excluding carboxylic acids is 1. The van der Waals surface area contributed by atoms with Crippen LogP contribution in [0.3, 0.4) is 0 Å². The number of carbonyl (C=O) groups is 1. The molecule has 0 bridgehead atoms. The number of nitrogens with zero attached hydrogens (tertiary/aromatic N) is 1. The predicted octanol–water partition coefficient (Wildman–Crippen LogP) is 3.72. The Balaban J connectivity index is 1.93. The van der Waals surface area contributed by atoms with Crippen molar-refractivity contribution in [1.29, 1.82) is 0 Å². The Kier molecular flexibility index (Phi) is 2.90. The minimum absolute atomic E-state index is 0.113. The van der Waals surface area contributed by atoms with Gasteiger partial charge < -0.3 is 0 Å². The Bertz CT molecular complexity index is 688. The number of rotatable bonds is 3. The molecule has 88 valence electrons. The highest BCUT2D eigenvalue weighted by atomic mass is 32.1. The van der Waals surface area contributed by atoms with Gasteiger partial charge in [-0.25, -0.2) is 0 Å². The lowest BCUT2D eigenvalue weighted by Crippen LogP contribution is -2.04. The van der Waals surface area contributed by atoms with Gasteiger partial charge in [-0.05, 0) is 17.5 Å². The van der Waals surface area contributed by atoms with Crippen molar-refractivity contribution in [2.24, 2.45) is 0 Å². The Morgan fingerprint density at radius 3 is 2.78 bits per heavy atom. The third kappa shape index (κ3) is 2.05. The van der Waals surface area contributed by atoms with Crippen molar-refractivity contribution in [3.63, 3.8) is 0 Å². The minimum Gasteiger partial charge on any atom is -0.294 e. The first-order chi connectivity index (χ1) is 8.84. The lowest BCUT2D eigenvalue weighted by atomic mass is 10.0. The number of fused-ring (bicyclic) bond motifs is 1. The highest BCUT2D eigenvalue weighted by molar-refractivity contribution is 7.17. The van der Waals surface area contributed by atoms with E-state index in [9.17, 15) is 4.79 Å². The third-order valence-corrected chi connectivity index (χ3v) is 3.77. The molecule has 3 heteroatoms. The first kappa shape index (κ1) is 11.1. The minimum atomic E-state index is 0.113. The van der Waals surface area contributed by atoms with Crippen molar-refractivity contribution in [3.05, 3.63) is 65.3 Å². The molecule has 2 heterocycles. The molecule has 0 aliphatic rings. The van der Waals surface area contributed by atoms with Crippen LogP contribution < -0.4 is 0 Å². The maximum Gasteiger partial charge on any atom is 0.168 e. The summed E-state index contributed by atoms with van der Waals surface area (Å²) in [4.78, 5) is 16.5. The Labute approximate surface area is 109 Å². The van der Waals surface area contributed by atoms with E-state index in [4.69, 9.17) is 0 Å². The molecule has 3 aromatic rings. The normalized spacial score (nSPS) is 10.7. The van der Waals surface area contributed by atoms with Crippen LogP contribution in [-0.2, 0) is 6.42 Å². The molecule has 0 fully saturated rings. The van der Waals surface area contributed by atoms with Gasteiger partial charge in [0.15, 0.2) is 5.78 Å². The van der Waals surface area contributed by atoms with Crippen LogP contribution in [0.15, 0.2) is 54.0 Å². The smallest absolute Gasteiger partial charge is 0.168 e. The standard InChI is InChI=1S/C15H11NOS/c17-14(11-4-2-1-3-5-11)10-13-12-7-9-18-15(12)6-8-16-13/h1-9H,10H2. The second-order valence-electron chi connectivity index (χ2n) is 4.06. The number of aromatic nitrogens is 1. The summed E-state index contributed by atoms with van der Waals surface area (Å²) in [6.45, 7) is 0. The van der Waals surface area contributed by atoms with Crippen molar-refractivity contribution in [2.45, 2.75) is 6.42 Å². The fourth-order valence-electron chi connectivity index (χ4n) is 1.97. The molecule has 0 unspecified atom stereocenters.